The van der Waals surface area contributed by atoms with Gasteiger partial charge in [-0.1, -0.05) is 0 Å². The molecule has 0 aromatic carbocycles. The van der Waals surface area contributed by atoms with Crippen LogP contribution >= 0.6 is 0 Å². The second-order valence-corrected chi connectivity index (χ2v) is 0.224. The van der Waals surface area contributed by atoms with E-state index >= 15 is 0 Å². The first kappa shape index (κ1) is 9.13. The zero-order valence-electron chi connectivity index (χ0n) is 2.17. The molecule has 5 heavy (non-hydrogen) atoms. The average molecular weight is 202 g/mol. The molecular formula is CeNO3. The molecule has 5 heteroatoms. The summed E-state index contributed by atoms with van der Waals surface area (Å²) in [6.45, 7) is 0. The van der Waals surface area contributed by atoms with E-state index in [-0.39, 0.29) is 41.7 Å². The van der Waals surface area contributed by atoms with Crippen LogP contribution in [0.3, 0.4) is 0 Å². The van der Waals surface area contributed by atoms with E-state index in [0.717, 1.165) is 0 Å². The molecular weight excluding hydrogens is 202 g/mol. The van der Waals surface area contributed by atoms with Gasteiger partial charge in [-0.25, -0.2) is 0 Å². The van der Waals surface area contributed by atoms with Gasteiger partial charge in [-0.15, -0.1) is 0 Å². The first-order valence-corrected chi connectivity index (χ1v) is 0.548. The summed E-state index contributed by atoms with van der Waals surface area (Å²) in [5, 5.41) is 14.8. The minimum absolute atomic E-state index is 0. The predicted octanol–water partition coefficient (Wildman–Crippen LogP) is -0.239. The third kappa shape index (κ3) is 91.4. The first-order chi connectivity index (χ1) is 1.73. The van der Waals surface area contributed by atoms with E-state index in [1.165, 1.54) is 0 Å². The fraction of sp³-hybridized carbons (Fsp3) is 0. The standard InChI is InChI=1S/Ce.NO3/c;2-1(3)4/q+1;-1. The maximum absolute atomic E-state index is 8.25. The van der Waals surface area contributed by atoms with Crippen LogP contribution < -0.4 is 0 Å². The van der Waals surface area contributed by atoms with Crippen molar-refractivity contribution >= 4 is 0 Å². The molecule has 0 aliphatic rings. The molecule has 0 aliphatic heterocycles. The van der Waals surface area contributed by atoms with Gasteiger partial charge >= 0.3 is 41.7 Å². The molecule has 0 rings (SSSR count). The Labute approximate surface area is 61.7 Å². The van der Waals surface area contributed by atoms with E-state index in [1.807, 2.05) is 0 Å². The van der Waals surface area contributed by atoms with Gasteiger partial charge in [0.15, 0.2) is 0 Å². The van der Waals surface area contributed by atoms with Gasteiger partial charge in [0.1, 0.15) is 0 Å². The second kappa shape index (κ2) is 4.58. The van der Waals surface area contributed by atoms with E-state index < -0.39 is 5.09 Å². The van der Waals surface area contributed by atoms with Gasteiger partial charge in [0, 0.05) is 0 Å². The fourth-order valence-electron chi connectivity index (χ4n) is 0. The van der Waals surface area contributed by atoms with Gasteiger partial charge in [0.05, 0.1) is 5.09 Å². The zero-order chi connectivity index (χ0) is 3.58. The molecule has 27 valence electrons. The Balaban J connectivity index is 0. The van der Waals surface area contributed by atoms with Crippen molar-refractivity contribution in [3.8, 4) is 0 Å². The molecule has 0 amide bonds. The van der Waals surface area contributed by atoms with Gasteiger partial charge < -0.3 is 15.3 Å². The minimum atomic E-state index is -1.75. The Bertz CT molecular complexity index is 29.9. The summed E-state index contributed by atoms with van der Waals surface area (Å²) in [6.07, 6.45) is 0. The van der Waals surface area contributed by atoms with Crippen molar-refractivity contribution in [3.63, 3.8) is 0 Å². The van der Waals surface area contributed by atoms with Gasteiger partial charge in [-0.3, -0.25) is 0 Å². The van der Waals surface area contributed by atoms with Crippen molar-refractivity contribution < 1.29 is 46.8 Å². The average Bonchev–Trinajstić information content (AvgIpc) is 0.811. The van der Waals surface area contributed by atoms with Crippen molar-refractivity contribution in [2.24, 2.45) is 0 Å². The van der Waals surface area contributed by atoms with Crippen LogP contribution in [-0.4, -0.2) is 5.09 Å². The number of hydrogen-bond donors (Lipinski definition) is 0. The maximum Gasteiger partial charge on any atom is 1.00 e. The van der Waals surface area contributed by atoms with E-state index in [2.05, 4.69) is 0 Å². The van der Waals surface area contributed by atoms with E-state index in [1.54, 1.807) is 0 Å². The molecule has 0 heterocycles. The van der Waals surface area contributed by atoms with Crippen LogP contribution in [0.1, 0.15) is 0 Å². The molecule has 0 N–H and O–H groups in total. The molecule has 0 aliphatic carbocycles. The molecule has 0 fully saturated rings. The van der Waals surface area contributed by atoms with Gasteiger partial charge in [-0.05, 0) is 0 Å². The van der Waals surface area contributed by atoms with Crippen LogP contribution in [0.2, 0.25) is 0 Å². The van der Waals surface area contributed by atoms with Gasteiger partial charge in [0.2, 0.25) is 0 Å². The van der Waals surface area contributed by atoms with Crippen molar-refractivity contribution in [1.29, 1.82) is 0 Å². The summed E-state index contributed by atoms with van der Waals surface area (Å²) in [6, 6.07) is 0. The zero-order valence-corrected chi connectivity index (χ0v) is 5.31. The summed E-state index contributed by atoms with van der Waals surface area (Å²) < 4.78 is 0. The van der Waals surface area contributed by atoms with Crippen molar-refractivity contribution in [3.05, 3.63) is 15.3 Å². The first-order valence-electron chi connectivity index (χ1n) is 0.548. The van der Waals surface area contributed by atoms with Crippen LogP contribution in [0.25, 0.3) is 0 Å². The predicted molar refractivity (Wildman–Crippen MR) is 10.4 cm³/mol. The Kier molecular flexibility index (Phi) is 8.36. The smallest absolute Gasteiger partial charge is 0.356 e. The maximum atomic E-state index is 8.25. The Morgan fingerprint density at radius 3 is 1.40 bits per heavy atom. The minimum Gasteiger partial charge on any atom is -0.356 e. The molecule has 1 radical (unpaired) electrons. The Morgan fingerprint density at radius 1 is 1.40 bits per heavy atom. The molecule has 0 unspecified atom stereocenters. The van der Waals surface area contributed by atoms with Gasteiger partial charge in [0.25, 0.3) is 0 Å². The SMILES string of the molecule is O=[N+]([O-])[O-].[Ce+]. The topological polar surface area (TPSA) is 66.2 Å². The molecule has 0 saturated carbocycles. The molecule has 4 nitrogen and oxygen atoms in total. The number of rotatable bonds is 0. The Morgan fingerprint density at radius 2 is 1.40 bits per heavy atom. The van der Waals surface area contributed by atoms with Crippen LogP contribution in [0.15, 0.2) is 0 Å². The number of hydrogen-bond acceptors (Lipinski definition) is 3. The van der Waals surface area contributed by atoms with Gasteiger partial charge in [-0.2, -0.15) is 0 Å². The number of nitrogens with zero attached hydrogens (tertiary/aromatic N) is 1. The van der Waals surface area contributed by atoms with Crippen LogP contribution in [0, 0.1) is 57.1 Å². The fourth-order valence-corrected chi connectivity index (χ4v) is 0. The normalized spacial score (nSPS) is 4.80. The summed E-state index contributed by atoms with van der Waals surface area (Å²) >= 11 is 0. The third-order valence-corrected chi connectivity index (χ3v) is 0. The molecule has 0 bridgehead atoms. The largest absolute Gasteiger partial charge is 1.00 e. The molecule has 0 spiro atoms. The summed E-state index contributed by atoms with van der Waals surface area (Å²) in [7, 11) is 0. The van der Waals surface area contributed by atoms with E-state index in [0.29, 0.717) is 0 Å². The summed E-state index contributed by atoms with van der Waals surface area (Å²) in [4.78, 5) is 8.25. The molecule has 0 atom stereocenters. The van der Waals surface area contributed by atoms with Crippen LogP contribution in [0.5, 0.6) is 0 Å². The van der Waals surface area contributed by atoms with Crippen LogP contribution in [-0.2, 0) is 0 Å². The molecule has 0 aromatic heterocycles. The third-order valence-electron chi connectivity index (χ3n) is 0. The van der Waals surface area contributed by atoms with E-state index in [4.69, 9.17) is 15.3 Å². The van der Waals surface area contributed by atoms with Crippen molar-refractivity contribution in [1.82, 2.24) is 0 Å². The molecule has 0 saturated heterocycles. The van der Waals surface area contributed by atoms with Crippen LogP contribution in [0.4, 0.5) is 0 Å². The summed E-state index contributed by atoms with van der Waals surface area (Å²) in [5.41, 5.74) is 0. The van der Waals surface area contributed by atoms with Crippen molar-refractivity contribution in [2.45, 2.75) is 0 Å². The second-order valence-electron chi connectivity index (χ2n) is 0.224. The van der Waals surface area contributed by atoms with E-state index in [9.17, 15) is 0 Å². The Hall–Kier alpha value is 0.577. The quantitative estimate of drug-likeness (QED) is 0.402. The molecule has 0 aromatic rings. The monoisotopic (exact) mass is 202 g/mol. The van der Waals surface area contributed by atoms with Crippen molar-refractivity contribution in [2.75, 3.05) is 0 Å². The summed E-state index contributed by atoms with van der Waals surface area (Å²) in [5.74, 6) is 0.